The van der Waals surface area contributed by atoms with Crippen LogP contribution in [-0.2, 0) is 21.5 Å². The summed E-state index contributed by atoms with van der Waals surface area (Å²) in [5, 5.41) is 4.12. The molecule has 1 unspecified atom stereocenters. The van der Waals surface area contributed by atoms with Crippen LogP contribution in [0.2, 0.25) is 0 Å². The first-order valence-electron chi connectivity index (χ1n) is 8.94. The number of benzene rings is 1. The van der Waals surface area contributed by atoms with Crippen molar-refractivity contribution in [3.05, 3.63) is 72.1 Å². The lowest BCUT2D eigenvalue weighted by Crippen LogP contribution is -2.39. The number of rotatable bonds is 5. The number of methoxy groups -OCH3 is 1. The van der Waals surface area contributed by atoms with E-state index in [1.165, 1.54) is 7.11 Å². The number of esters is 1. The lowest BCUT2D eigenvalue weighted by atomic mass is 9.79. The predicted octanol–water partition coefficient (Wildman–Crippen LogP) is 3.05. The standard InChI is InChI=1S/C21H21N3O3/c1-26-20(25)21(16-7-3-2-4-8-16)10-12-24(15-21)14-17-13-19(23-27-17)18-9-5-6-11-22-18/h2-9,11,13H,10,12,14-15H2,1H3. The Balaban J connectivity index is 1.52. The van der Waals surface area contributed by atoms with E-state index in [1.54, 1.807) is 6.20 Å². The molecule has 27 heavy (non-hydrogen) atoms. The van der Waals surface area contributed by atoms with Crippen LogP contribution in [0.15, 0.2) is 65.3 Å². The summed E-state index contributed by atoms with van der Waals surface area (Å²) in [7, 11) is 1.45. The van der Waals surface area contributed by atoms with Crippen LogP contribution in [0, 0.1) is 0 Å². The van der Waals surface area contributed by atoms with Gasteiger partial charge in [0.1, 0.15) is 11.1 Å². The maximum Gasteiger partial charge on any atom is 0.317 e. The van der Waals surface area contributed by atoms with E-state index in [0.717, 1.165) is 23.6 Å². The molecule has 0 spiro atoms. The summed E-state index contributed by atoms with van der Waals surface area (Å²) in [6.07, 6.45) is 2.44. The van der Waals surface area contributed by atoms with Gasteiger partial charge in [-0.15, -0.1) is 0 Å². The zero-order chi connectivity index (χ0) is 18.7. The minimum absolute atomic E-state index is 0.192. The molecule has 138 valence electrons. The first-order valence-corrected chi connectivity index (χ1v) is 8.94. The van der Waals surface area contributed by atoms with E-state index in [0.29, 0.717) is 25.2 Å². The lowest BCUT2D eigenvalue weighted by molar-refractivity contribution is -0.147. The molecule has 1 aliphatic rings. The summed E-state index contributed by atoms with van der Waals surface area (Å²) in [5.41, 5.74) is 1.85. The van der Waals surface area contributed by atoms with Gasteiger partial charge in [0, 0.05) is 25.4 Å². The molecule has 0 amide bonds. The van der Waals surface area contributed by atoms with Gasteiger partial charge in [0.2, 0.25) is 0 Å². The van der Waals surface area contributed by atoms with E-state index in [4.69, 9.17) is 9.26 Å². The van der Waals surface area contributed by atoms with E-state index >= 15 is 0 Å². The molecule has 1 aromatic carbocycles. The number of ether oxygens (including phenoxy) is 1. The van der Waals surface area contributed by atoms with E-state index in [9.17, 15) is 4.79 Å². The van der Waals surface area contributed by atoms with E-state index in [2.05, 4.69) is 15.0 Å². The third kappa shape index (κ3) is 3.36. The minimum atomic E-state index is -0.639. The van der Waals surface area contributed by atoms with Crippen LogP contribution in [0.25, 0.3) is 11.4 Å². The van der Waals surface area contributed by atoms with Crippen molar-refractivity contribution in [2.24, 2.45) is 0 Å². The van der Waals surface area contributed by atoms with Crippen molar-refractivity contribution >= 4 is 5.97 Å². The molecule has 4 rings (SSSR count). The highest BCUT2D eigenvalue weighted by Crippen LogP contribution is 2.36. The Kier molecular flexibility index (Phi) is 4.73. The largest absolute Gasteiger partial charge is 0.468 e. The van der Waals surface area contributed by atoms with Gasteiger partial charge in [-0.3, -0.25) is 14.7 Å². The number of likely N-dealkylation sites (tertiary alicyclic amines) is 1. The average molecular weight is 363 g/mol. The monoisotopic (exact) mass is 363 g/mol. The molecule has 3 heterocycles. The number of carbonyl (C=O) groups excluding carboxylic acids is 1. The van der Waals surface area contributed by atoms with E-state index in [-0.39, 0.29) is 5.97 Å². The zero-order valence-electron chi connectivity index (χ0n) is 15.2. The third-order valence-corrected chi connectivity index (χ3v) is 5.12. The summed E-state index contributed by atoms with van der Waals surface area (Å²) in [4.78, 5) is 19.1. The maximum atomic E-state index is 12.6. The molecule has 0 N–H and O–H groups in total. The van der Waals surface area contributed by atoms with Gasteiger partial charge in [0.25, 0.3) is 0 Å². The topological polar surface area (TPSA) is 68.5 Å². The van der Waals surface area contributed by atoms with Gasteiger partial charge in [0.05, 0.1) is 19.3 Å². The van der Waals surface area contributed by atoms with Crippen LogP contribution in [0.5, 0.6) is 0 Å². The average Bonchev–Trinajstić information content (AvgIpc) is 3.37. The highest BCUT2D eigenvalue weighted by Gasteiger charge is 2.47. The van der Waals surface area contributed by atoms with Crippen molar-refractivity contribution in [2.75, 3.05) is 20.2 Å². The van der Waals surface area contributed by atoms with Crippen molar-refractivity contribution in [2.45, 2.75) is 18.4 Å². The summed E-state index contributed by atoms with van der Waals surface area (Å²) in [5.74, 6) is 0.562. The Labute approximate surface area is 157 Å². The van der Waals surface area contributed by atoms with E-state index in [1.807, 2.05) is 54.6 Å². The lowest BCUT2D eigenvalue weighted by Gasteiger charge is -2.27. The molecule has 1 aliphatic heterocycles. The quantitative estimate of drug-likeness (QED) is 0.649. The zero-order valence-corrected chi connectivity index (χ0v) is 15.2. The first kappa shape index (κ1) is 17.4. The fraction of sp³-hybridized carbons (Fsp3) is 0.286. The molecule has 1 saturated heterocycles. The van der Waals surface area contributed by atoms with Crippen LogP contribution < -0.4 is 0 Å². The summed E-state index contributed by atoms with van der Waals surface area (Å²) in [6, 6.07) is 17.4. The molecule has 0 radical (unpaired) electrons. The number of aromatic nitrogens is 2. The van der Waals surface area contributed by atoms with Crippen molar-refractivity contribution < 1.29 is 14.1 Å². The van der Waals surface area contributed by atoms with Gasteiger partial charge in [-0.1, -0.05) is 41.6 Å². The van der Waals surface area contributed by atoms with Gasteiger partial charge in [-0.2, -0.15) is 0 Å². The molecule has 6 heteroatoms. The van der Waals surface area contributed by atoms with Crippen LogP contribution in [0.3, 0.4) is 0 Å². The second kappa shape index (κ2) is 7.32. The Morgan fingerprint density at radius 1 is 1.19 bits per heavy atom. The van der Waals surface area contributed by atoms with E-state index < -0.39 is 5.41 Å². The SMILES string of the molecule is COC(=O)C1(c2ccccc2)CCN(Cc2cc(-c3ccccn3)no2)C1. The fourth-order valence-corrected chi connectivity index (χ4v) is 3.74. The summed E-state index contributed by atoms with van der Waals surface area (Å²) in [6.45, 7) is 1.96. The number of carbonyl (C=O) groups is 1. The number of pyridine rings is 1. The number of nitrogens with zero attached hydrogens (tertiary/aromatic N) is 3. The van der Waals surface area contributed by atoms with Gasteiger partial charge < -0.3 is 9.26 Å². The van der Waals surface area contributed by atoms with Gasteiger partial charge in [-0.25, -0.2) is 0 Å². The fourth-order valence-electron chi connectivity index (χ4n) is 3.74. The van der Waals surface area contributed by atoms with Crippen molar-refractivity contribution in [1.29, 1.82) is 0 Å². The molecule has 0 bridgehead atoms. The Morgan fingerprint density at radius 2 is 2.00 bits per heavy atom. The molecule has 1 fully saturated rings. The molecule has 0 aliphatic carbocycles. The van der Waals surface area contributed by atoms with Crippen LogP contribution in [0.4, 0.5) is 0 Å². The van der Waals surface area contributed by atoms with Crippen LogP contribution in [0.1, 0.15) is 17.7 Å². The summed E-state index contributed by atoms with van der Waals surface area (Å²) < 4.78 is 10.6. The van der Waals surface area contributed by atoms with Crippen LogP contribution in [-0.4, -0.2) is 41.2 Å². The smallest absolute Gasteiger partial charge is 0.317 e. The van der Waals surface area contributed by atoms with Crippen LogP contribution >= 0.6 is 0 Å². The predicted molar refractivity (Wildman–Crippen MR) is 99.8 cm³/mol. The molecule has 2 aromatic heterocycles. The van der Waals surface area contributed by atoms with Gasteiger partial charge >= 0.3 is 5.97 Å². The minimum Gasteiger partial charge on any atom is -0.468 e. The molecular formula is C21H21N3O3. The highest BCUT2D eigenvalue weighted by atomic mass is 16.5. The second-order valence-electron chi connectivity index (χ2n) is 6.79. The third-order valence-electron chi connectivity index (χ3n) is 5.12. The molecule has 0 saturated carbocycles. The Hall–Kier alpha value is -2.99. The van der Waals surface area contributed by atoms with Gasteiger partial charge in [-0.05, 0) is 24.1 Å². The maximum absolute atomic E-state index is 12.6. The number of hydrogen-bond donors (Lipinski definition) is 0. The normalized spacial score (nSPS) is 19.9. The molecule has 3 aromatic rings. The molecule has 1 atom stereocenters. The van der Waals surface area contributed by atoms with Gasteiger partial charge in [0.15, 0.2) is 5.76 Å². The first-order chi connectivity index (χ1) is 13.2. The highest BCUT2D eigenvalue weighted by molar-refractivity contribution is 5.84. The van der Waals surface area contributed by atoms with Crippen molar-refractivity contribution in [3.8, 4) is 11.4 Å². The Bertz CT molecular complexity index is 911. The molecule has 6 nitrogen and oxygen atoms in total. The Morgan fingerprint density at radius 3 is 2.74 bits per heavy atom. The van der Waals surface area contributed by atoms with Crippen molar-refractivity contribution in [1.82, 2.24) is 15.0 Å². The summed E-state index contributed by atoms with van der Waals surface area (Å²) >= 11 is 0. The number of hydrogen-bond acceptors (Lipinski definition) is 6. The molecular weight excluding hydrogens is 342 g/mol. The second-order valence-corrected chi connectivity index (χ2v) is 6.79. The van der Waals surface area contributed by atoms with Crippen molar-refractivity contribution in [3.63, 3.8) is 0 Å².